The van der Waals surface area contributed by atoms with Gasteiger partial charge in [0.2, 0.25) is 0 Å². The summed E-state index contributed by atoms with van der Waals surface area (Å²) in [6.07, 6.45) is 5.02. The van der Waals surface area contributed by atoms with E-state index in [-0.39, 0.29) is 6.03 Å². The van der Waals surface area contributed by atoms with Gasteiger partial charge in [-0.15, -0.1) is 0 Å². The predicted molar refractivity (Wildman–Crippen MR) is 93.1 cm³/mol. The van der Waals surface area contributed by atoms with Crippen LogP contribution in [0.1, 0.15) is 32.6 Å². The molecule has 2 atom stereocenters. The number of nitrogens with zero attached hydrogens (tertiary/aromatic N) is 2. The summed E-state index contributed by atoms with van der Waals surface area (Å²) in [5.41, 5.74) is 0. The highest BCUT2D eigenvalue weighted by molar-refractivity contribution is 5.74. The van der Waals surface area contributed by atoms with Gasteiger partial charge >= 0.3 is 6.03 Å². The minimum atomic E-state index is 0.106. The van der Waals surface area contributed by atoms with Crippen molar-refractivity contribution in [2.45, 2.75) is 38.7 Å². The van der Waals surface area contributed by atoms with Crippen LogP contribution in [0.5, 0.6) is 0 Å². The number of amides is 2. The Labute approximate surface area is 145 Å². The maximum atomic E-state index is 12.4. The van der Waals surface area contributed by atoms with E-state index in [1.54, 1.807) is 0 Å². The molecule has 2 amide bonds. The van der Waals surface area contributed by atoms with Crippen molar-refractivity contribution >= 4 is 6.03 Å². The van der Waals surface area contributed by atoms with E-state index in [0.717, 1.165) is 71.9 Å². The van der Waals surface area contributed by atoms with E-state index in [9.17, 15) is 4.79 Å². The Morgan fingerprint density at radius 1 is 1.12 bits per heavy atom. The maximum Gasteiger partial charge on any atom is 0.317 e. The lowest BCUT2D eigenvalue weighted by atomic mass is 9.90. The van der Waals surface area contributed by atoms with Gasteiger partial charge in [0.15, 0.2) is 0 Å². The molecule has 6 heteroatoms. The van der Waals surface area contributed by atoms with E-state index < -0.39 is 0 Å². The number of carbonyl (C=O) groups excluding carboxylic acids is 1. The number of urea groups is 1. The van der Waals surface area contributed by atoms with Crippen LogP contribution in [0.15, 0.2) is 0 Å². The number of carbonyl (C=O) groups is 1. The van der Waals surface area contributed by atoms with Crippen LogP contribution in [-0.2, 0) is 9.47 Å². The number of ether oxygens (including phenoxy) is 2. The molecule has 0 aromatic heterocycles. The summed E-state index contributed by atoms with van der Waals surface area (Å²) in [5.74, 6) is 1.12. The van der Waals surface area contributed by atoms with Crippen molar-refractivity contribution in [2.24, 2.45) is 11.8 Å². The summed E-state index contributed by atoms with van der Waals surface area (Å²) in [6.45, 7) is 10.3. The number of nitrogens with one attached hydrogen (secondary N) is 1. The van der Waals surface area contributed by atoms with E-state index in [4.69, 9.17) is 9.47 Å². The molecule has 0 unspecified atom stereocenters. The Hall–Kier alpha value is -0.850. The highest BCUT2D eigenvalue weighted by Crippen LogP contribution is 2.28. The molecule has 3 aliphatic rings. The highest BCUT2D eigenvalue weighted by Gasteiger charge is 2.30. The monoisotopic (exact) mass is 339 g/mol. The molecule has 1 N–H and O–H groups in total. The average molecular weight is 339 g/mol. The van der Waals surface area contributed by atoms with Gasteiger partial charge in [-0.3, -0.25) is 4.90 Å². The quantitative estimate of drug-likeness (QED) is 0.826. The van der Waals surface area contributed by atoms with Crippen molar-refractivity contribution in [3.05, 3.63) is 0 Å². The molecule has 3 aliphatic heterocycles. The Morgan fingerprint density at radius 3 is 2.54 bits per heavy atom. The first-order valence-corrected chi connectivity index (χ1v) is 9.67. The second kappa shape index (κ2) is 9.02. The lowest BCUT2D eigenvalue weighted by Gasteiger charge is -2.35. The fourth-order valence-electron chi connectivity index (χ4n) is 4.11. The summed E-state index contributed by atoms with van der Waals surface area (Å²) in [6, 6.07) is 0.106. The number of likely N-dealkylation sites (tertiary alicyclic amines) is 1. The minimum Gasteiger partial charge on any atom is -0.379 e. The van der Waals surface area contributed by atoms with Gasteiger partial charge in [-0.25, -0.2) is 4.79 Å². The van der Waals surface area contributed by atoms with E-state index in [1.165, 1.54) is 12.8 Å². The Balaban J connectivity index is 1.32. The summed E-state index contributed by atoms with van der Waals surface area (Å²) < 4.78 is 11.2. The molecule has 138 valence electrons. The van der Waals surface area contributed by atoms with Crippen molar-refractivity contribution in [2.75, 3.05) is 59.1 Å². The molecule has 0 radical (unpaired) electrons. The van der Waals surface area contributed by atoms with Gasteiger partial charge in [0.05, 0.1) is 19.3 Å². The molecule has 0 spiro atoms. The van der Waals surface area contributed by atoms with Gasteiger partial charge in [0.25, 0.3) is 0 Å². The molecule has 0 aromatic carbocycles. The van der Waals surface area contributed by atoms with Gasteiger partial charge in [0, 0.05) is 45.9 Å². The zero-order valence-corrected chi connectivity index (χ0v) is 15.0. The Kier molecular flexibility index (Phi) is 6.75. The van der Waals surface area contributed by atoms with Crippen LogP contribution in [0.2, 0.25) is 0 Å². The largest absolute Gasteiger partial charge is 0.379 e. The topological polar surface area (TPSA) is 54.0 Å². The molecule has 3 fully saturated rings. The van der Waals surface area contributed by atoms with E-state index in [2.05, 4.69) is 17.1 Å². The third-order valence-corrected chi connectivity index (χ3v) is 5.59. The Morgan fingerprint density at radius 2 is 1.88 bits per heavy atom. The van der Waals surface area contributed by atoms with Crippen LogP contribution < -0.4 is 5.32 Å². The van der Waals surface area contributed by atoms with Crippen molar-refractivity contribution in [1.29, 1.82) is 0 Å². The highest BCUT2D eigenvalue weighted by atomic mass is 16.5. The third kappa shape index (κ3) is 5.07. The summed E-state index contributed by atoms with van der Waals surface area (Å²) in [7, 11) is 0. The predicted octanol–water partition coefficient (Wildman–Crippen LogP) is 1.56. The van der Waals surface area contributed by atoms with Gasteiger partial charge in [0.1, 0.15) is 0 Å². The zero-order chi connectivity index (χ0) is 16.8. The normalized spacial score (nSPS) is 28.0. The molecule has 3 rings (SSSR count). The first-order chi connectivity index (χ1) is 11.7. The van der Waals surface area contributed by atoms with Gasteiger partial charge in [-0.1, -0.05) is 6.92 Å². The SMILES string of the molecule is C[C@H](CNC(=O)N1CCC([C@@H]2CCCO2)CC1)CN1CCOCC1. The molecular formula is C18H33N3O3. The van der Waals surface area contributed by atoms with Crippen LogP contribution in [0.4, 0.5) is 4.79 Å². The third-order valence-electron chi connectivity index (χ3n) is 5.59. The van der Waals surface area contributed by atoms with E-state index in [1.807, 2.05) is 4.90 Å². The molecule has 6 nitrogen and oxygen atoms in total. The van der Waals surface area contributed by atoms with Crippen molar-refractivity contribution < 1.29 is 14.3 Å². The Bertz CT molecular complexity index is 387. The zero-order valence-electron chi connectivity index (χ0n) is 15.0. The standard InChI is InChI=1S/C18H33N3O3/c1-15(14-20-8-11-23-12-9-20)13-19-18(22)21-6-4-16(5-7-21)17-3-2-10-24-17/h15-17H,2-14H2,1H3,(H,19,22)/t15-,17+/m1/s1. The second-order valence-corrected chi connectivity index (χ2v) is 7.58. The fraction of sp³-hybridized carbons (Fsp3) is 0.944. The van der Waals surface area contributed by atoms with Gasteiger partial charge in [-0.05, 0) is 37.5 Å². The molecule has 24 heavy (non-hydrogen) atoms. The number of hydrogen-bond donors (Lipinski definition) is 1. The average Bonchev–Trinajstić information content (AvgIpc) is 3.15. The molecule has 3 saturated heterocycles. The van der Waals surface area contributed by atoms with E-state index in [0.29, 0.717) is 17.9 Å². The maximum absolute atomic E-state index is 12.4. The van der Waals surface area contributed by atoms with Gasteiger partial charge in [-0.2, -0.15) is 0 Å². The fourth-order valence-corrected chi connectivity index (χ4v) is 4.11. The molecule has 0 aromatic rings. The van der Waals surface area contributed by atoms with Crippen molar-refractivity contribution in [3.8, 4) is 0 Å². The second-order valence-electron chi connectivity index (χ2n) is 7.58. The van der Waals surface area contributed by atoms with Crippen LogP contribution in [0.25, 0.3) is 0 Å². The molecule has 0 saturated carbocycles. The lowest BCUT2D eigenvalue weighted by Crippen LogP contribution is -2.48. The smallest absolute Gasteiger partial charge is 0.317 e. The minimum absolute atomic E-state index is 0.106. The van der Waals surface area contributed by atoms with Crippen molar-refractivity contribution in [1.82, 2.24) is 15.1 Å². The molecule has 0 aliphatic carbocycles. The lowest BCUT2D eigenvalue weighted by molar-refractivity contribution is 0.0313. The molecular weight excluding hydrogens is 306 g/mol. The van der Waals surface area contributed by atoms with Crippen LogP contribution in [0, 0.1) is 11.8 Å². The van der Waals surface area contributed by atoms with Crippen LogP contribution in [0.3, 0.4) is 0 Å². The molecule has 3 heterocycles. The number of rotatable bonds is 5. The summed E-state index contributed by atoms with van der Waals surface area (Å²) in [4.78, 5) is 16.8. The summed E-state index contributed by atoms with van der Waals surface area (Å²) >= 11 is 0. The number of hydrogen-bond acceptors (Lipinski definition) is 4. The van der Waals surface area contributed by atoms with Crippen LogP contribution >= 0.6 is 0 Å². The number of morpholine rings is 1. The van der Waals surface area contributed by atoms with Crippen molar-refractivity contribution in [3.63, 3.8) is 0 Å². The van der Waals surface area contributed by atoms with Gasteiger partial charge < -0.3 is 19.7 Å². The van der Waals surface area contributed by atoms with Crippen LogP contribution in [-0.4, -0.2) is 81.0 Å². The summed E-state index contributed by atoms with van der Waals surface area (Å²) in [5, 5.41) is 3.12. The first kappa shape index (κ1) is 18.0. The van der Waals surface area contributed by atoms with E-state index >= 15 is 0 Å². The number of piperidine rings is 1. The molecule has 0 bridgehead atoms. The first-order valence-electron chi connectivity index (χ1n) is 9.67.